The second-order valence-electron chi connectivity index (χ2n) is 15.0. The molecule has 0 heterocycles. The summed E-state index contributed by atoms with van der Waals surface area (Å²) in [5.41, 5.74) is 3.99. The Labute approximate surface area is 329 Å². The third-order valence-corrected chi connectivity index (χ3v) is 10.8. The molecule has 0 aliphatic carbocycles. The van der Waals surface area contributed by atoms with E-state index in [4.69, 9.17) is 4.99 Å². The van der Waals surface area contributed by atoms with Gasteiger partial charge < -0.3 is 5.11 Å². The number of phenolic OH excluding ortho intramolecular Hbond substituents is 1. The Bertz CT molecular complexity index is 1830. The van der Waals surface area contributed by atoms with Gasteiger partial charge >= 0.3 is 0 Å². The van der Waals surface area contributed by atoms with Gasteiger partial charge in [-0.2, -0.15) is 36.4 Å². The number of hydrogen-bond acceptors (Lipinski definition) is 2. The van der Waals surface area contributed by atoms with Crippen LogP contribution in [0.1, 0.15) is 83.6 Å². The van der Waals surface area contributed by atoms with Crippen LogP contribution in [0.2, 0.25) is 0 Å². The molecular formula is C48H52FNNiOP-. The van der Waals surface area contributed by atoms with E-state index in [0.717, 1.165) is 16.8 Å². The minimum Gasteiger partial charge on any atom is -0.507 e. The van der Waals surface area contributed by atoms with Crippen LogP contribution in [-0.4, -0.2) is 11.3 Å². The van der Waals surface area contributed by atoms with Gasteiger partial charge in [0.05, 0.1) is 5.69 Å². The van der Waals surface area contributed by atoms with E-state index in [2.05, 4.69) is 157 Å². The topological polar surface area (TPSA) is 32.6 Å². The van der Waals surface area contributed by atoms with Crippen LogP contribution in [0.25, 0.3) is 0 Å². The second kappa shape index (κ2) is 20.2. The van der Waals surface area contributed by atoms with Gasteiger partial charge in [0.1, 0.15) is 11.6 Å². The number of benzene rings is 6. The van der Waals surface area contributed by atoms with Gasteiger partial charge in [0.15, 0.2) is 0 Å². The zero-order valence-corrected chi connectivity index (χ0v) is 34.0. The Hall–Kier alpha value is -4.36. The molecule has 2 nitrogen and oxygen atoms in total. The van der Waals surface area contributed by atoms with Gasteiger partial charge in [-0.05, 0) is 69.4 Å². The van der Waals surface area contributed by atoms with Crippen LogP contribution in [0, 0.1) is 11.9 Å². The van der Waals surface area contributed by atoms with E-state index < -0.39 is 7.92 Å². The van der Waals surface area contributed by atoms with Gasteiger partial charge in [0.25, 0.3) is 0 Å². The first-order valence-electron chi connectivity index (χ1n) is 17.8. The van der Waals surface area contributed by atoms with Crippen LogP contribution < -0.4 is 15.9 Å². The summed E-state index contributed by atoms with van der Waals surface area (Å²) in [7, 11) is -0.446. The van der Waals surface area contributed by atoms with Crippen molar-refractivity contribution in [2.24, 2.45) is 4.99 Å². The Morgan fingerprint density at radius 1 is 0.623 bits per heavy atom. The number of nitrogens with zero attached hydrogens (tertiary/aromatic N) is 1. The third-order valence-electron chi connectivity index (χ3n) is 8.39. The number of phenols is 1. The molecule has 0 radical (unpaired) electrons. The van der Waals surface area contributed by atoms with Crippen LogP contribution in [-0.2, 0) is 27.3 Å². The van der Waals surface area contributed by atoms with Crippen molar-refractivity contribution in [1.29, 1.82) is 0 Å². The Morgan fingerprint density at radius 3 is 1.38 bits per heavy atom. The fraction of sp³-hybridized carbons (Fsp3) is 0.229. The summed E-state index contributed by atoms with van der Waals surface area (Å²) >= 11 is 0. The summed E-state index contributed by atoms with van der Waals surface area (Å²) in [6.07, 6.45) is 1.59. The summed E-state index contributed by atoms with van der Waals surface area (Å²) in [5.74, 6) is -0.237. The number of aliphatic imine (C=N–C) groups is 1. The minimum absolute atomic E-state index is 0. The zero-order valence-electron chi connectivity index (χ0n) is 32.1. The molecule has 0 unspecified atom stereocenters. The predicted octanol–water partition coefficient (Wildman–Crippen LogP) is 11.9. The van der Waals surface area contributed by atoms with Crippen molar-refractivity contribution < 1.29 is 26.0 Å². The average Bonchev–Trinajstić information content (AvgIpc) is 3.13. The monoisotopic (exact) mass is 766 g/mol. The fourth-order valence-electron chi connectivity index (χ4n) is 5.73. The SMILES string of the molecule is CC(C)c1cc(F)cc(C=Nc2c(C(C)(C)C)cccc2C(C)(C)C)c1O.[Ni].[c-]1ccccc1.c1ccc(P(c2ccccc2)c2ccccc2)cc1. The molecule has 0 spiro atoms. The molecule has 0 aliphatic heterocycles. The molecule has 0 aliphatic rings. The first-order chi connectivity index (χ1) is 24.8. The Kier molecular flexibility index (Phi) is 16.4. The molecule has 0 amide bonds. The molecule has 6 aromatic carbocycles. The first kappa shape index (κ1) is 43.1. The molecule has 0 saturated heterocycles. The van der Waals surface area contributed by atoms with E-state index in [0.29, 0.717) is 11.1 Å². The van der Waals surface area contributed by atoms with Crippen LogP contribution in [0.3, 0.4) is 0 Å². The molecule has 53 heavy (non-hydrogen) atoms. The Morgan fingerprint density at radius 2 is 1.04 bits per heavy atom. The summed E-state index contributed by atoms with van der Waals surface area (Å²) in [4.78, 5) is 4.76. The number of rotatable bonds is 6. The van der Waals surface area contributed by atoms with Crippen molar-refractivity contribution in [3.8, 4) is 5.75 Å². The van der Waals surface area contributed by atoms with Gasteiger partial charge in [-0.25, -0.2) is 4.39 Å². The maximum Gasteiger partial charge on any atom is 0.128 e. The molecule has 0 bridgehead atoms. The minimum atomic E-state index is -0.446. The van der Waals surface area contributed by atoms with Crippen molar-refractivity contribution in [2.45, 2.75) is 72.1 Å². The number of halogens is 1. The van der Waals surface area contributed by atoms with E-state index >= 15 is 0 Å². The summed E-state index contributed by atoms with van der Waals surface area (Å²) in [6, 6.07) is 53.8. The molecule has 0 atom stereocenters. The standard InChI is InChI=1S/C24H32FNO.C18H15P.C6H5.Ni/c1-15(2)18-13-17(25)12-16(22(18)27)14-26-21-19(23(3,4)5)10-9-11-20(21)24(6,7)8;1-4-10-16(11-5-1)19(17-12-6-2-7-13-17)18-14-8-3-9-15-18;1-2-4-6-5-3-1;/h9-15,27H,1-8H3;1-15H;1-5H;/q;;-1;. The zero-order chi connectivity index (χ0) is 37.7. The van der Waals surface area contributed by atoms with Crippen molar-refractivity contribution in [3.63, 3.8) is 0 Å². The van der Waals surface area contributed by atoms with Crippen molar-refractivity contribution in [1.82, 2.24) is 0 Å². The summed E-state index contributed by atoms with van der Waals surface area (Å²) in [6.45, 7) is 16.8. The molecule has 0 saturated carbocycles. The fourth-order valence-corrected chi connectivity index (χ4v) is 8.03. The third kappa shape index (κ3) is 12.6. The molecule has 6 rings (SSSR count). The van der Waals surface area contributed by atoms with E-state index in [1.54, 1.807) is 6.21 Å². The van der Waals surface area contributed by atoms with Gasteiger partial charge in [-0.15, -0.1) is 0 Å². The van der Waals surface area contributed by atoms with Gasteiger partial charge in [-0.1, -0.05) is 165 Å². The Balaban J connectivity index is 0.000000251. The maximum atomic E-state index is 14.1. The number of hydrogen-bond donors (Lipinski definition) is 1. The quantitative estimate of drug-likeness (QED) is 0.0778. The first-order valence-corrected chi connectivity index (χ1v) is 19.2. The molecule has 0 aromatic heterocycles. The van der Waals surface area contributed by atoms with E-state index in [-0.39, 0.29) is 44.8 Å². The molecule has 1 N–H and O–H groups in total. The van der Waals surface area contributed by atoms with Crippen LogP contribution >= 0.6 is 7.92 Å². The molecule has 0 fully saturated rings. The van der Waals surface area contributed by atoms with Crippen molar-refractivity contribution in [3.05, 3.63) is 186 Å². The van der Waals surface area contributed by atoms with Gasteiger partial charge in [0, 0.05) is 28.3 Å². The van der Waals surface area contributed by atoms with E-state index in [1.165, 1.54) is 28.0 Å². The number of para-hydroxylation sites is 1. The molecular weight excluding hydrogens is 715 g/mol. The summed E-state index contributed by atoms with van der Waals surface area (Å²) < 4.78 is 14.1. The normalized spacial score (nSPS) is 11.3. The average molecular weight is 768 g/mol. The van der Waals surface area contributed by atoms with Crippen LogP contribution in [0.4, 0.5) is 10.1 Å². The van der Waals surface area contributed by atoms with Crippen molar-refractivity contribution >= 4 is 35.7 Å². The molecule has 6 aromatic rings. The molecule has 5 heteroatoms. The van der Waals surface area contributed by atoms with E-state index in [1.807, 2.05) is 44.2 Å². The predicted molar refractivity (Wildman–Crippen MR) is 224 cm³/mol. The van der Waals surface area contributed by atoms with Crippen LogP contribution in [0.5, 0.6) is 5.75 Å². The largest absolute Gasteiger partial charge is 0.507 e. The van der Waals surface area contributed by atoms with Gasteiger partial charge in [0.2, 0.25) is 0 Å². The summed E-state index contributed by atoms with van der Waals surface area (Å²) in [5, 5.41) is 14.8. The van der Waals surface area contributed by atoms with Gasteiger partial charge in [-0.3, -0.25) is 4.99 Å². The smallest absolute Gasteiger partial charge is 0.128 e. The van der Waals surface area contributed by atoms with E-state index in [9.17, 15) is 9.50 Å². The maximum absolute atomic E-state index is 14.1. The van der Waals surface area contributed by atoms with Crippen LogP contribution in [0.15, 0.2) is 157 Å². The van der Waals surface area contributed by atoms with Crippen molar-refractivity contribution in [2.75, 3.05) is 0 Å². The number of aromatic hydroxyl groups is 1. The second-order valence-corrected chi connectivity index (χ2v) is 17.2. The molecule has 278 valence electrons.